The van der Waals surface area contributed by atoms with Crippen molar-refractivity contribution in [3.8, 4) is 0 Å². The molecule has 1 heterocycles. The molecule has 7 heteroatoms. The fourth-order valence-corrected chi connectivity index (χ4v) is 3.50. The predicted molar refractivity (Wildman–Crippen MR) is 105 cm³/mol. The van der Waals surface area contributed by atoms with Crippen LogP contribution in [0.2, 0.25) is 0 Å². The number of carbonyl (C=O) groups is 2. The zero-order valence-corrected chi connectivity index (χ0v) is 15.5. The molecule has 28 heavy (non-hydrogen) atoms. The summed E-state index contributed by atoms with van der Waals surface area (Å²) in [6.45, 7) is 3.00. The molecule has 1 saturated heterocycles. The van der Waals surface area contributed by atoms with Gasteiger partial charge in [0.15, 0.2) is 0 Å². The number of halogens is 1. The van der Waals surface area contributed by atoms with Crippen LogP contribution in [-0.4, -0.2) is 41.6 Å². The van der Waals surface area contributed by atoms with Crippen LogP contribution in [0, 0.1) is 11.7 Å². The van der Waals surface area contributed by atoms with E-state index in [0.29, 0.717) is 30.3 Å². The van der Waals surface area contributed by atoms with Gasteiger partial charge in [-0.1, -0.05) is 18.2 Å². The van der Waals surface area contributed by atoms with Crippen LogP contribution >= 0.6 is 0 Å². The second-order valence-corrected chi connectivity index (χ2v) is 7.09. The van der Waals surface area contributed by atoms with Gasteiger partial charge in [0, 0.05) is 25.3 Å². The molecule has 1 unspecified atom stereocenters. The molecule has 3 N–H and O–H groups in total. The third kappa shape index (κ3) is 5.79. The summed E-state index contributed by atoms with van der Waals surface area (Å²) >= 11 is 0. The molecule has 0 saturated carbocycles. The van der Waals surface area contributed by atoms with Crippen molar-refractivity contribution in [2.45, 2.75) is 19.4 Å². The largest absolute Gasteiger partial charge is 0.478 e. The van der Waals surface area contributed by atoms with E-state index in [-0.39, 0.29) is 6.03 Å². The third-order valence-electron chi connectivity index (χ3n) is 4.82. The van der Waals surface area contributed by atoms with Gasteiger partial charge >= 0.3 is 12.0 Å². The molecule has 1 aliphatic rings. The summed E-state index contributed by atoms with van der Waals surface area (Å²) in [6.07, 6.45) is 2.04. The topological polar surface area (TPSA) is 81.7 Å². The van der Waals surface area contributed by atoms with Crippen molar-refractivity contribution >= 4 is 17.7 Å². The number of anilines is 1. The monoisotopic (exact) mass is 385 g/mol. The van der Waals surface area contributed by atoms with Gasteiger partial charge in [-0.2, -0.15) is 0 Å². The number of piperidine rings is 1. The van der Waals surface area contributed by atoms with E-state index in [1.165, 1.54) is 12.1 Å². The molecule has 1 aliphatic heterocycles. The van der Waals surface area contributed by atoms with Gasteiger partial charge in [-0.25, -0.2) is 14.0 Å². The number of amides is 2. The van der Waals surface area contributed by atoms with E-state index in [1.54, 1.807) is 30.3 Å². The molecule has 0 radical (unpaired) electrons. The zero-order chi connectivity index (χ0) is 19.9. The van der Waals surface area contributed by atoms with E-state index in [2.05, 4.69) is 15.5 Å². The van der Waals surface area contributed by atoms with Crippen molar-refractivity contribution in [2.24, 2.45) is 5.92 Å². The second-order valence-electron chi connectivity index (χ2n) is 7.09. The Morgan fingerprint density at radius 3 is 2.79 bits per heavy atom. The summed E-state index contributed by atoms with van der Waals surface area (Å²) in [6, 6.07) is 12.4. The van der Waals surface area contributed by atoms with Gasteiger partial charge < -0.3 is 15.7 Å². The van der Waals surface area contributed by atoms with E-state index in [4.69, 9.17) is 5.11 Å². The first-order valence-electron chi connectivity index (χ1n) is 9.34. The molecule has 0 spiro atoms. The third-order valence-corrected chi connectivity index (χ3v) is 4.82. The van der Waals surface area contributed by atoms with Crippen molar-refractivity contribution in [3.05, 3.63) is 65.5 Å². The summed E-state index contributed by atoms with van der Waals surface area (Å²) in [4.78, 5) is 25.4. The molecule has 0 aliphatic carbocycles. The summed E-state index contributed by atoms with van der Waals surface area (Å²) in [7, 11) is 0. The highest BCUT2D eigenvalue weighted by Crippen LogP contribution is 2.19. The number of urea groups is 1. The number of likely N-dealkylation sites (tertiary alicyclic amines) is 1. The molecule has 2 amide bonds. The number of rotatable bonds is 6. The maximum Gasteiger partial charge on any atom is 0.335 e. The fourth-order valence-electron chi connectivity index (χ4n) is 3.50. The minimum atomic E-state index is -0.924. The van der Waals surface area contributed by atoms with Crippen LogP contribution in [0.1, 0.15) is 28.8 Å². The summed E-state index contributed by atoms with van der Waals surface area (Å²) in [5.41, 5.74) is 1.68. The van der Waals surface area contributed by atoms with E-state index < -0.39 is 11.8 Å². The summed E-state index contributed by atoms with van der Waals surface area (Å²) in [5.74, 6) is -1.01. The maximum atomic E-state index is 13.2. The standard InChI is InChI=1S/C21H24FN3O3/c22-18-7-2-8-19(11-18)24-21(28)23-12-16-5-3-9-25(14-16)13-15-4-1-6-17(10-15)20(26)27/h1-2,4,6-8,10-11,16H,3,5,9,12-14H2,(H,26,27)(H2,23,24,28). The Morgan fingerprint density at radius 1 is 1.18 bits per heavy atom. The number of carbonyl (C=O) groups excluding carboxylic acids is 1. The van der Waals surface area contributed by atoms with Crippen molar-refractivity contribution in [3.63, 3.8) is 0 Å². The van der Waals surface area contributed by atoms with Crippen molar-refractivity contribution < 1.29 is 19.1 Å². The number of benzene rings is 2. The number of nitrogens with zero attached hydrogens (tertiary/aromatic N) is 1. The highest BCUT2D eigenvalue weighted by molar-refractivity contribution is 5.89. The van der Waals surface area contributed by atoms with Crippen LogP contribution in [0.4, 0.5) is 14.9 Å². The summed E-state index contributed by atoms with van der Waals surface area (Å²) < 4.78 is 13.2. The lowest BCUT2D eigenvalue weighted by Crippen LogP contribution is -2.41. The lowest BCUT2D eigenvalue weighted by Gasteiger charge is -2.32. The lowest BCUT2D eigenvalue weighted by molar-refractivity contribution is 0.0696. The van der Waals surface area contributed by atoms with Crippen molar-refractivity contribution in [1.29, 1.82) is 0 Å². The van der Waals surface area contributed by atoms with Gasteiger partial charge in [0.2, 0.25) is 0 Å². The highest BCUT2D eigenvalue weighted by atomic mass is 19.1. The van der Waals surface area contributed by atoms with E-state index in [9.17, 15) is 14.0 Å². The zero-order valence-electron chi connectivity index (χ0n) is 15.5. The Balaban J connectivity index is 1.47. The molecule has 148 valence electrons. The molecule has 0 bridgehead atoms. The number of aromatic carboxylic acids is 1. The number of carboxylic acids is 1. The minimum absolute atomic E-state index is 0.293. The van der Waals surface area contributed by atoms with Gasteiger partial charge in [-0.3, -0.25) is 4.90 Å². The Kier molecular flexibility index (Phi) is 6.60. The molecule has 1 atom stereocenters. The first kappa shape index (κ1) is 19.8. The first-order valence-corrected chi connectivity index (χ1v) is 9.34. The first-order chi connectivity index (χ1) is 13.5. The van der Waals surface area contributed by atoms with Gasteiger partial charge in [0.1, 0.15) is 5.82 Å². The maximum absolute atomic E-state index is 13.2. The van der Waals surface area contributed by atoms with Crippen LogP contribution in [0.5, 0.6) is 0 Å². The molecule has 0 aromatic heterocycles. The summed E-state index contributed by atoms with van der Waals surface area (Å²) in [5, 5.41) is 14.6. The van der Waals surface area contributed by atoms with E-state index >= 15 is 0 Å². The highest BCUT2D eigenvalue weighted by Gasteiger charge is 2.20. The molecule has 1 fully saturated rings. The number of nitrogens with one attached hydrogen (secondary N) is 2. The quantitative estimate of drug-likeness (QED) is 0.710. The Bertz CT molecular complexity index is 843. The molecule has 3 rings (SSSR count). The SMILES string of the molecule is O=C(NCC1CCCN(Cc2cccc(C(=O)O)c2)C1)Nc1cccc(F)c1. The Labute approximate surface area is 163 Å². The number of hydrogen-bond donors (Lipinski definition) is 3. The molecule has 2 aromatic carbocycles. The smallest absolute Gasteiger partial charge is 0.335 e. The second kappa shape index (κ2) is 9.32. The normalized spacial score (nSPS) is 17.1. The van der Waals surface area contributed by atoms with Crippen LogP contribution in [0.25, 0.3) is 0 Å². The van der Waals surface area contributed by atoms with Gasteiger partial charge in [0.05, 0.1) is 5.56 Å². The van der Waals surface area contributed by atoms with Crippen LogP contribution < -0.4 is 10.6 Å². The molecular weight excluding hydrogens is 361 g/mol. The fraction of sp³-hybridized carbons (Fsp3) is 0.333. The average molecular weight is 385 g/mol. The van der Waals surface area contributed by atoms with Crippen LogP contribution in [0.3, 0.4) is 0 Å². The van der Waals surface area contributed by atoms with Gasteiger partial charge in [-0.15, -0.1) is 0 Å². The number of carboxylic acid groups (broad SMARTS) is 1. The minimum Gasteiger partial charge on any atom is -0.478 e. The van der Waals surface area contributed by atoms with E-state index in [0.717, 1.165) is 31.5 Å². The number of hydrogen-bond acceptors (Lipinski definition) is 3. The Hall–Kier alpha value is -2.93. The lowest BCUT2D eigenvalue weighted by atomic mass is 9.97. The van der Waals surface area contributed by atoms with Crippen molar-refractivity contribution in [2.75, 3.05) is 25.0 Å². The molecule has 2 aromatic rings. The average Bonchev–Trinajstić information content (AvgIpc) is 2.67. The van der Waals surface area contributed by atoms with Gasteiger partial charge in [0.25, 0.3) is 0 Å². The van der Waals surface area contributed by atoms with Crippen LogP contribution in [-0.2, 0) is 6.54 Å². The van der Waals surface area contributed by atoms with Crippen LogP contribution in [0.15, 0.2) is 48.5 Å². The Morgan fingerprint density at radius 2 is 2.00 bits per heavy atom. The van der Waals surface area contributed by atoms with Crippen molar-refractivity contribution in [1.82, 2.24) is 10.2 Å². The van der Waals surface area contributed by atoms with E-state index in [1.807, 2.05) is 6.07 Å². The van der Waals surface area contributed by atoms with Gasteiger partial charge in [-0.05, 0) is 61.2 Å². The predicted octanol–water partition coefficient (Wildman–Crippen LogP) is 3.56. The molecule has 6 nitrogen and oxygen atoms in total. The molecular formula is C21H24FN3O3.